The molecule has 1 heterocycles. The first-order valence-electron chi connectivity index (χ1n) is 11.7. The first-order valence-corrected chi connectivity index (χ1v) is 11.7. The molecular weight excluding hydrogens is 432 g/mol. The van der Waals surface area contributed by atoms with Crippen molar-refractivity contribution in [2.45, 2.75) is 58.0 Å². The Bertz CT molecular complexity index is 1080. The summed E-state index contributed by atoms with van der Waals surface area (Å²) in [4.78, 5) is 39.6. The molecular formula is C27H32N2O5. The number of likely N-dealkylation sites (tertiary alicyclic amines) is 1. The zero-order valence-electron chi connectivity index (χ0n) is 20.1. The number of fused-ring (bicyclic) bond motifs is 3. The van der Waals surface area contributed by atoms with Crippen LogP contribution in [0.15, 0.2) is 48.5 Å². The fraction of sp³-hybridized carbons (Fsp3) is 0.444. The quantitative estimate of drug-likeness (QED) is 0.684. The largest absolute Gasteiger partial charge is 0.480 e. The molecule has 2 amide bonds. The van der Waals surface area contributed by atoms with Crippen molar-refractivity contribution in [2.75, 3.05) is 13.2 Å². The van der Waals surface area contributed by atoms with Crippen molar-refractivity contribution < 1.29 is 24.2 Å². The molecule has 2 atom stereocenters. The van der Waals surface area contributed by atoms with E-state index in [9.17, 15) is 19.5 Å². The number of carbonyl (C=O) groups is 3. The van der Waals surface area contributed by atoms with Gasteiger partial charge in [-0.3, -0.25) is 4.79 Å². The van der Waals surface area contributed by atoms with Gasteiger partial charge in [0.1, 0.15) is 18.2 Å². The second kappa shape index (κ2) is 8.78. The van der Waals surface area contributed by atoms with Crippen LogP contribution in [-0.4, -0.2) is 52.7 Å². The Morgan fingerprint density at radius 3 is 2.18 bits per heavy atom. The molecule has 2 aliphatic rings. The lowest BCUT2D eigenvalue weighted by molar-refractivity contribution is -0.157. The third-order valence-corrected chi connectivity index (χ3v) is 7.09. The average molecular weight is 465 g/mol. The zero-order valence-corrected chi connectivity index (χ0v) is 20.1. The number of ether oxygens (including phenoxy) is 1. The van der Waals surface area contributed by atoms with Gasteiger partial charge in [-0.2, -0.15) is 0 Å². The summed E-state index contributed by atoms with van der Waals surface area (Å²) in [6.45, 7) is 7.57. The molecule has 0 radical (unpaired) electrons. The van der Waals surface area contributed by atoms with Crippen LogP contribution in [0.5, 0.6) is 0 Å². The summed E-state index contributed by atoms with van der Waals surface area (Å²) in [6.07, 6.45) is 0.304. The Hall–Kier alpha value is -3.35. The molecule has 0 aromatic heterocycles. The molecule has 4 rings (SSSR count). The van der Waals surface area contributed by atoms with Crippen LogP contribution in [0.3, 0.4) is 0 Å². The molecule has 2 aromatic rings. The van der Waals surface area contributed by atoms with Gasteiger partial charge >= 0.3 is 12.1 Å². The minimum absolute atomic E-state index is 0.0872. The van der Waals surface area contributed by atoms with Crippen LogP contribution in [0, 0.1) is 5.41 Å². The van der Waals surface area contributed by atoms with Crippen LogP contribution in [0.4, 0.5) is 4.79 Å². The monoisotopic (exact) mass is 464 g/mol. The number of rotatable bonds is 5. The van der Waals surface area contributed by atoms with Crippen molar-refractivity contribution in [1.29, 1.82) is 0 Å². The fourth-order valence-corrected chi connectivity index (χ4v) is 5.10. The number of nitrogens with one attached hydrogen (secondary N) is 1. The number of benzene rings is 2. The molecule has 0 bridgehead atoms. The predicted octanol–water partition coefficient (Wildman–Crippen LogP) is 4.41. The molecule has 1 fully saturated rings. The van der Waals surface area contributed by atoms with Gasteiger partial charge in [0, 0.05) is 12.5 Å². The van der Waals surface area contributed by atoms with Gasteiger partial charge in [-0.25, -0.2) is 9.59 Å². The van der Waals surface area contributed by atoms with Crippen LogP contribution in [-0.2, 0) is 14.3 Å². The average Bonchev–Trinajstić information content (AvgIpc) is 3.34. The number of alkyl carbamates (subject to hydrolysis) is 1. The lowest BCUT2D eigenvalue weighted by Gasteiger charge is -2.38. The molecule has 2 N–H and O–H groups in total. The summed E-state index contributed by atoms with van der Waals surface area (Å²) >= 11 is 0. The highest BCUT2D eigenvalue weighted by molar-refractivity contribution is 5.92. The maximum Gasteiger partial charge on any atom is 0.407 e. The van der Waals surface area contributed by atoms with E-state index in [2.05, 4.69) is 17.4 Å². The minimum atomic E-state index is -1.27. The maximum absolute atomic E-state index is 13.4. The molecule has 0 saturated carbocycles. The van der Waals surface area contributed by atoms with Crippen LogP contribution >= 0.6 is 0 Å². The van der Waals surface area contributed by atoms with Crippen molar-refractivity contribution in [1.82, 2.24) is 10.2 Å². The van der Waals surface area contributed by atoms with E-state index in [-0.39, 0.29) is 12.5 Å². The van der Waals surface area contributed by atoms with E-state index < -0.39 is 35.0 Å². The normalized spacial score (nSPS) is 20.4. The Morgan fingerprint density at radius 1 is 1.09 bits per heavy atom. The molecule has 1 unspecified atom stereocenters. The number of nitrogens with zero attached hydrogens (tertiary/aromatic N) is 1. The van der Waals surface area contributed by atoms with Gasteiger partial charge in [0.05, 0.1) is 0 Å². The second-order valence-corrected chi connectivity index (χ2v) is 10.4. The SMILES string of the molecule is CC(C)(C)[C@H](NC(=O)OCC1c2ccccc2-c2ccccc21)C(=O)N1CCCC1(C)C(=O)O. The maximum atomic E-state index is 13.4. The van der Waals surface area contributed by atoms with E-state index in [4.69, 9.17) is 4.74 Å². The van der Waals surface area contributed by atoms with Crippen molar-refractivity contribution in [3.05, 3.63) is 59.7 Å². The highest BCUT2D eigenvalue weighted by atomic mass is 16.5. The fourth-order valence-electron chi connectivity index (χ4n) is 5.10. The van der Waals surface area contributed by atoms with Crippen LogP contribution in [0.1, 0.15) is 57.6 Å². The smallest absolute Gasteiger partial charge is 0.407 e. The van der Waals surface area contributed by atoms with Crippen LogP contribution in [0.25, 0.3) is 11.1 Å². The Labute approximate surface area is 200 Å². The second-order valence-electron chi connectivity index (χ2n) is 10.4. The topological polar surface area (TPSA) is 95.9 Å². The lowest BCUT2D eigenvalue weighted by Crippen LogP contribution is -2.60. The molecule has 2 aromatic carbocycles. The van der Waals surface area contributed by atoms with E-state index in [0.717, 1.165) is 22.3 Å². The molecule has 180 valence electrons. The third kappa shape index (κ3) is 4.15. The number of hydrogen-bond acceptors (Lipinski definition) is 4. The highest BCUT2D eigenvalue weighted by Crippen LogP contribution is 2.44. The molecule has 34 heavy (non-hydrogen) atoms. The third-order valence-electron chi connectivity index (χ3n) is 7.09. The molecule has 7 heteroatoms. The summed E-state index contributed by atoms with van der Waals surface area (Å²) in [5.41, 5.74) is 2.57. The van der Waals surface area contributed by atoms with Gasteiger partial charge in [-0.1, -0.05) is 69.3 Å². The molecule has 1 aliphatic heterocycles. The number of carbonyl (C=O) groups excluding carboxylic acids is 2. The molecule has 0 spiro atoms. The molecule has 1 aliphatic carbocycles. The van der Waals surface area contributed by atoms with Gasteiger partial charge in [-0.05, 0) is 47.4 Å². The summed E-state index contributed by atoms with van der Waals surface area (Å²) in [5.74, 6) is -1.52. The molecule has 7 nitrogen and oxygen atoms in total. The van der Waals surface area contributed by atoms with E-state index >= 15 is 0 Å². The standard InChI is InChI=1S/C27H32N2O5/c1-26(2,3)22(23(30)29-15-9-14-27(29,4)24(31)32)28-25(33)34-16-21-19-12-7-5-10-17(19)18-11-6-8-13-20(18)21/h5-8,10-13,21-22H,9,14-16H2,1-4H3,(H,28,33)(H,31,32)/t22-,27?/m1/s1. The lowest BCUT2D eigenvalue weighted by atomic mass is 9.85. The van der Waals surface area contributed by atoms with Crippen LogP contribution in [0.2, 0.25) is 0 Å². The first-order chi connectivity index (χ1) is 16.0. The van der Waals surface area contributed by atoms with E-state index in [1.54, 1.807) is 6.92 Å². The Morgan fingerprint density at radius 2 is 1.65 bits per heavy atom. The number of amides is 2. The van der Waals surface area contributed by atoms with Gasteiger partial charge in [0.25, 0.3) is 0 Å². The summed E-state index contributed by atoms with van der Waals surface area (Å²) in [5, 5.41) is 12.5. The Balaban J connectivity index is 1.49. The van der Waals surface area contributed by atoms with E-state index in [0.29, 0.717) is 19.4 Å². The van der Waals surface area contributed by atoms with Gasteiger partial charge in [-0.15, -0.1) is 0 Å². The summed E-state index contributed by atoms with van der Waals surface area (Å²) in [7, 11) is 0. The van der Waals surface area contributed by atoms with Crippen molar-refractivity contribution in [3.63, 3.8) is 0 Å². The highest BCUT2D eigenvalue weighted by Gasteiger charge is 2.49. The zero-order chi connectivity index (χ0) is 24.7. The number of aliphatic carboxylic acids is 1. The van der Waals surface area contributed by atoms with Crippen LogP contribution < -0.4 is 5.32 Å². The molecule has 1 saturated heterocycles. The number of carboxylic acids is 1. The number of carboxylic acid groups (broad SMARTS) is 1. The summed E-state index contributed by atoms with van der Waals surface area (Å²) < 4.78 is 5.64. The Kier molecular flexibility index (Phi) is 6.14. The van der Waals surface area contributed by atoms with Crippen molar-refractivity contribution in [2.24, 2.45) is 5.41 Å². The van der Waals surface area contributed by atoms with Gasteiger partial charge in [0.15, 0.2) is 0 Å². The van der Waals surface area contributed by atoms with Crippen molar-refractivity contribution >= 4 is 18.0 Å². The van der Waals surface area contributed by atoms with E-state index in [1.807, 2.05) is 57.2 Å². The predicted molar refractivity (Wildman–Crippen MR) is 128 cm³/mol. The first kappa shape index (κ1) is 23.8. The number of hydrogen-bond donors (Lipinski definition) is 2. The minimum Gasteiger partial charge on any atom is -0.480 e. The van der Waals surface area contributed by atoms with Crippen molar-refractivity contribution in [3.8, 4) is 11.1 Å². The van der Waals surface area contributed by atoms with Gasteiger partial charge in [0.2, 0.25) is 5.91 Å². The van der Waals surface area contributed by atoms with E-state index in [1.165, 1.54) is 4.90 Å². The van der Waals surface area contributed by atoms with Gasteiger partial charge < -0.3 is 20.1 Å². The summed E-state index contributed by atoms with van der Waals surface area (Å²) in [6, 6.07) is 15.2.